The van der Waals surface area contributed by atoms with E-state index in [1.165, 1.54) is 77.9 Å². The lowest BCUT2D eigenvalue weighted by Crippen LogP contribution is -2.26. The van der Waals surface area contributed by atoms with Gasteiger partial charge in [0.05, 0.1) is 11.1 Å². The maximum absolute atomic E-state index is 6.56. The first-order valence-corrected chi connectivity index (χ1v) is 23.1. The molecule has 310 valence electrons. The third kappa shape index (κ3) is 4.96. The molecule has 11 aromatic rings. The fraction of sp³-hybridized carbons (Fsp3) is 0.0625. The van der Waals surface area contributed by atoms with Crippen LogP contribution in [0.3, 0.4) is 0 Å². The SMILES string of the molecule is CC1(C)c2ccccc2-c2ccc(N(c3ccc(-c4cccc5c4oc4ccccc45)cc3)c3cc4c(cc3-c3ccccc3)-c3ccccc3C43c4ccccc4-c4ccccc43)cc21. The molecule has 0 saturated carbocycles. The topological polar surface area (TPSA) is 16.4 Å². The van der Waals surface area contributed by atoms with Crippen molar-refractivity contribution in [2.45, 2.75) is 24.7 Å². The van der Waals surface area contributed by atoms with Crippen LogP contribution in [0.4, 0.5) is 17.1 Å². The van der Waals surface area contributed by atoms with Gasteiger partial charge in [-0.15, -0.1) is 0 Å². The van der Waals surface area contributed by atoms with Crippen molar-refractivity contribution in [1.82, 2.24) is 0 Å². The number of fused-ring (bicyclic) bond motifs is 16. The maximum Gasteiger partial charge on any atom is 0.143 e. The van der Waals surface area contributed by atoms with Gasteiger partial charge in [-0.1, -0.05) is 196 Å². The molecule has 0 bridgehead atoms. The average molecular weight is 842 g/mol. The molecule has 0 saturated heterocycles. The van der Waals surface area contributed by atoms with Gasteiger partial charge in [0, 0.05) is 38.7 Å². The Kier molecular flexibility index (Phi) is 7.70. The molecule has 2 nitrogen and oxygen atoms in total. The molecule has 10 aromatic carbocycles. The summed E-state index contributed by atoms with van der Waals surface area (Å²) in [5.41, 5.74) is 24.8. The number of hydrogen-bond acceptors (Lipinski definition) is 2. The Morgan fingerprint density at radius 1 is 0.333 bits per heavy atom. The van der Waals surface area contributed by atoms with Gasteiger partial charge in [0.25, 0.3) is 0 Å². The number of rotatable bonds is 5. The van der Waals surface area contributed by atoms with Gasteiger partial charge >= 0.3 is 0 Å². The van der Waals surface area contributed by atoms with Gasteiger partial charge in [0.2, 0.25) is 0 Å². The normalized spacial score (nSPS) is 14.2. The lowest BCUT2D eigenvalue weighted by Gasteiger charge is -2.34. The van der Waals surface area contributed by atoms with Gasteiger partial charge in [-0.05, 0) is 120 Å². The fourth-order valence-electron chi connectivity index (χ4n) is 12.2. The molecule has 0 radical (unpaired) electrons. The lowest BCUT2D eigenvalue weighted by molar-refractivity contribution is 0.660. The van der Waals surface area contributed by atoms with Crippen LogP contribution >= 0.6 is 0 Å². The van der Waals surface area contributed by atoms with E-state index in [4.69, 9.17) is 4.42 Å². The molecular formula is C64H43NO. The highest BCUT2D eigenvalue weighted by Gasteiger charge is 2.52. The van der Waals surface area contributed by atoms with Crippen LogP contribution in [0.5, 0.6) is 0 Å². The Morgan fingerprint density at radius 3 is 1.55 bits per heavy atom. The smallest absolute Gasteiger partial charge is 0.143 e. The Morgan fingerprint density at radius 2 is 0.848 bits per heavy atom. The highest BCUT2D eigenvalue weighted by molar-refractivity contribution is 6.10. The van der Waals surface area contributed by atoms with Crippen LogP contribution in [0.15, 0.2) is 229 Å². The Labute approximate surface area is 384 Å². The summed E-state index contributed by atoms with van der Waals surface area (Å²) in [6, 6.07) is 83.4. The molecular weight excluding hydrogens is 799 g/mol. The first kappa shape index (κ1) is 37.2. The number of benzene rings is 10. The second-order valence-corrected chi connectivity index (χ2v) is 18.7. The molecule has 3 aliphatic rings. The van der Waals surface area contributed by atoms with Crippen molar-refractivity contribution in [3.63, 3.8) is 0 Å². The van der Waals surface area contributed by atoms with E-state index in [0.29, 0.717) is 0 Å². The Bertz CT molecular complexity index is 3750. The molecule has 0 amide bonds. The van der Waals surface area contributed by atoms with E-state index in [9.17, 15) is 0 Å². The molecule has 2 heteroatoms. The van der Waals surface area contributed by atoms with Crippen LogP contribution in [0.25, 0.3) is 77.6 Å². The van der Waals surface area contributed by atoms with Crippen molar-refractivity contribution in [2.75, 3.05) is 4.90 Å². The summed E-state index contributed by atoms with van der Waals surface area (Å²) in [5, 5.41) is 2.27. The van der Waals surface area contributed by atoms with E-state index in [0.717, 1.165) is 50.1 Å². The van der Waals surface area contributed by atoms with Crippen molar-refractivity contribution in [2.24, 2.45) is 0 Å². The first-order valence-electron chi connectivity index (χ1n) is 23.1. The zero-order valence-electron chi connectivity index (χ0n) is 36.7. The third-order valence-corrected chi connectivity index (χ3v) is 15.1. The highest BCUT2D eigenvalue weighted by atomic mass is 16.3. The summed E-state index contributed by atoms with van der Waals surface area (Å²) in [4.78, 5) is 2.52. The highest BCUT2D eigenvalue weighted by Crippen LogP contribution is 2.64. The minimum Gasteiger partial charge on any atom is -0.455 e. The molecule has 1 heterocycles. The van der Waals surface area contributed by atoms with E-state index in [2.05, 4.69) is 237 Å². The largest absolute Gasteiger partial charge is 0.455 e. The van der Waals surface area contributed by atoms with E-state index < -0.39 is 5.41 Å². The standard InChI is InChI=1S/C64H43NO/c1-63(2)54-26-11-6-19-45(54)49-36-35-43(37-58(49)63)65(42-33-31-41(32-34-42)44-24-16-25-51-50-23-10-15-30-61(50)66-62(44)51)60-39-59-53(38-52(60)40-17-4-3-5-18-40)48-22-9-14-29-57(48)64(59)55-27-12-7-20-46(55)47-21-8-13-28-56(47)64/h3-39H,1-2H3. The molecule has 1 spiro atoms. The number of nitrogens with zero attached hydrogens (tertiary/aromatic N) is 1. The number of anilines is 3. The second-order valence-electron chi connectivity index (χ2n) is 18.7. The summed E-state index contributed by atoms with van der Waals surface area (Å²) in [6.45, 7) is 4.75. The third-order valence-electron chi connectivity index (χ3n) is 15.1. The minimum atomic E-state index is -0.495. The Balaban J connectivity index is 1.05. The van der Waals surface area contributed by atoms with Gasteiger partial charge < -0.3 is 9.32 Å². The first-order chi connectivity index (χ1) is 32.5. The van der Waals surface area contributed by atoms with Crippen molar-refractivity contribution in [3.05, 3.63) is 258 Å². The van der Waals surface area contributed by atoms with Crippen LogP contribution in [-0.4, -0.2) is 0 Å². The van der Waals surface area contributed by atoms with Crippen molar-refractivity contribution >= 4 is 39.0 Å². The van der Waals surface area contributed by atoms with E-state index in [1.54, 1.807) is 0 Å². The van der Waals surface area contributed by atoms with Gasteiger partial charge in [0.15, 0.2) is 0 Å². The molecule has 66 heavy (non-hydrogen) atoms. The average Bonchev–Trinajstić information content (AvgIpc) is 4.06. The van der Waals surface area contributed by atoms with Gasteiger partial charge in [-0.3, -0.25) is 0 Å². The van der Waals surface area contributed by atoms with Crippen molar-refractivity contribution in [3.8, 4) is 55.6 Å². The van der Waals surface area contributed by atoms with Crippen molar-refractivity contribution < 1.29 is 4.42 Å². The van der Waals surface area contributed by atoms with Crippen molar-refractivity contribution in [1.29, 1.82) is 0 Å². The van der Waals surface area contributed by atoms with Crippen LogP contribution in [-0.2, 0) is 10.8 Å². The van der Waals surface area contributed by atoms with Crippen LogP contribution < -0.4 is 4.90 Å². The summed E-state index contributed by atoms with van der Waals surface area (Å²) in [7, 11) is 0. The monoisotopic (exact) mass is 841 g/mol. The van der Waals surface area contributed by atoms with Crippen LogP contribution in [0.1, 0.15) is 47.2 Å². The molecule has 0 atom stereocenters. The van der Waals surface area contributed by atoms with Crippen LogP contribution in [0.2, 0.25) is 0 Å². The number of para-hydroxylation sites is 2. The quantitative estimate of drug-likeness (QED) is 0.172. The van der Waals surface area contributed by atoms with Gasteiger partial charge in [-0.2, -0.15) is 0 Å². The minimum absolute atomic E-state index is 0.175. The molecule has 1 aromatic heterocycles. The summed E-state index contributed by atoms with van der Waals surface area (Å²) in [5.74, 6) is 0. The zero-order chi connectivity index (χ0) is 43.7. The van der Waals surface area contributed by atoms with Gasteiger partial charge in [-0.25, -0.2) is 0 Å². The molecule has 3 aliphatic carbocycles. The lowest BCUT2D eigenvalue weighted by atomic mass is 9.70. The zero-order valence-corrected chi connectivity index (χ0v) is 36.7. The fourth-order valence-corrected chi connectivity index (χ4v) is 12.2. The molecule has 0 unspecified atom stereocenters. The Hall–Kier alpha value is -8.20. The van der Waals surface area contributed by atoms with E-state index in [-0.39, 0.29) is 5.41 Å². The van der Waals surface area contributed by atoms with Gasteiger partial charge in [0.1, 0.15) is 11.2 Å². The molecule has 0 fully saturated rings. The maximum atomic E-state index is 6.56. The predicted molar refractivity (Wildman–Crippen MR) is 273 cm³/mol. The predicted octanol–water partition coefficient (Wildman–Crippen LogP) is 17.0. The molecule has 0 N–H and O–H groups in total. The molecule has 14 rings (SSSR count). The number of furan rings is 1. The summed E-state index contributed by atoms with van der Waals surface area (Å²) < 4.78 is 6.56. The summed E-state index contributed by atoms with van der Waals surface area (Å²) in [6.07, 6.45) is 0. The van der Waals surface area contributed by atoms with E-state index >= 15 is 0 Å². The second kappa shape index (κ2) is 13.7. The van der Waals surface area contributed by atoms with E-state index in [1.807, 2.05) is 6.07 Å². The molecule has 0 aliphatic heterocycles. The summed E-state index contributed by atoms with van der Waals surface area (Å²) >= 11 is 0. The van der Waals surface area contributed by atoms with Crippen LogP contribution in [0, 0.1) is 0 Å². The number of hydrogen-bond donors (Lipinski definition) is 0.